The van der Waals surface area contributed by atoms with Crippen LogP contribution in [0.5, 0.6) is 0 Å². The van der Waals surface area contributed by atoms with Crippen LogP contribution in [0.25, 0.3) is 0 Å². The summed E-state index contributed by atoms with van der Waals surface area (Å²) >= 11 is -1.07. The van der Waals surface area contributed by atoms with E-state index in [1.54, 1.807) is 5.21 Å². The first kappa shape index (κ1) is 11.6. The van der Waals surface area contributed by atoms with Crippen molar-refractivity contribution in [2.75, 3.05) is 0 Å². The Morgan fingerprint density at radius 3 is 1.55 bits per heavy atom. The average Bonchev–Trinajstić information content (AvgIpc) is 2.08. The Kier molecular flexibility index (Phi) is 6.43. The van der Waals surface area contributed by atoms with E-state index in [0.717, 1.165) is 0 Å². The van der Waals surface area contributed by atoms with E-state index in [9.17, 15) is 0 Å². The van der Waals surface area contributed by atoms with Gasteiger partial charge in [0.25, 0.3) is 0 Å². The second-order valence-corrected chi connectivity index (χ2v) is 13.9. The second-order valence-electron chi connectivity index (χ2n) is 3.37. The van der Waals surface area contributed by atoms with Gasteiger partial charge in [0.15, 0.2) is 0 Å². The summed E-state index contributed by atoms with van der Waals surface area (Å²) in [6.45, 7) is 9.55. The van der Waals surface area contributed by atoms with Crippen LogP contribution in [0.4, 0.5) is 0 Å². The van der Waals surface area contributed by atoms with Crippen LogP contribution in [0, 0.1) is 0 Å². The van der Waals surface area contributed by atoms with Crippen molar-refractivity contribution < 1.29 is 0 Å². The molecular weight excluding hydrogens is 195 g/mol. The fourth-order valence-electron chi connectivity index (χ4n) is 1.64. The van der Waals surface area contributed by atoms with Gasteiger partial charge >= 0.3 is 74.9 Å². The van der Waals surface area contributed by atoms with Crippen LogP contribution in [0.2, 0.25) is 20.8 Å². The van der Waals surface area contributed by atoms with E-state index < -0.39 is 13.6 Å². The van der Waals surface area contributed by atoms with Crippen molar-refractivity contribution in [2.24, 2.45) is 0 Å². The Labute approximate surface area is 75.2 Å². The first-order chi connectivity index (χ1) is 5.24. The van der Waals surface area contributed by atoms with Crippen LogP contribution in [-0.2, 0) is 0 Å². The van der Waals surface area contributed by atoms with Gasteiger partial charge in [-0.3, -0.25) is 0 Å². The number of rotatable bonds is 6. The molecule has 0 saturated carbocycles. The van der Waals surface area contributed by atoms with Gasteiger partial charge < -0.3 is 0 Å². The van der Waals surface area contributed by atoms with E-state index in [1.165, 1.54) is 28.5 Å². The molecule has 11 heavy (non-hydrogen) atoms. The Morgan fingerprint density at radius 2 is 1.27 bits per heavy atom. The van der Waals surface area contributed by atoms with Gasteiger partial charge in [-0.1, -0.05) is 0 Å². The van der Waals surface area contributed by atoms with Gasteiger partial charge in [-0.05, 0) is 0 Å². The van der Waals surface area contributed by atoms with Crippen LogP contribution in [0.15, 0.2) is 0 Å². The molecule has 0 aliphatic carbocycles. The molecule has 0 spiro atoms. The third-order valence-corrected chi connectivity index (χ3v) is 14.1. The van der Waals surface area contributed by atoms with E-state index in [0.29, 0.717) is 0 Å². The molecule has 0 atom stereocenters. The molecule has 0 aliphatic rings. The standard InChI is InChI=1S/C10H24As/c1-5-9-10-11(6-2,7-3)8-4/h5-10H2,1-4H3/q+1. The molecule has 0 fully saturated rings. The summed E-state index contributed by atoms with van der Waals surface area (Å²) in [6.07, 6.45) is 2.88. The normalized spacial score (nSPS) is 12.0. The van der Waals surface area contributed by atoms with Crippen molar-refractivity contribution in [3.63, 3.8) is 0 Å². The Bertz CT molecular complexity index is 76.6. The van der Waals surface area contributed by atoms with Gasteiger partial charge in [0.2, 0.25) is 0 Å². The Hall–Kier alpha value is 0.558. The van der Waals surface area contributed by atoms with Gasteiger partial charge in [0.1, 0.15) is 0 Å². The third-order valence-electron chi connectivity index (χ3n) is 3.00. The van der Waals surface area contributed by atoms with Gasteiger partial charge in [-0.2, -0.15) is 0 Å². The zero-order valence-corrected chi connectivity index (χ0v) is 10.6. The minimum atomic E-state index is -1.07. The number of hydrogen-bond donors (Lipinski definition) is 0. The first-order valence-corrected chi connectivity index (χ1v) is 10.4. The van der Waals surface area contributed by atoms with Crippen molar-refractivity contribution in [2.45, 2.75) is 61.4 Å². The van der Waals surface area contributed by atoms with E-state index in [1.807, 2.05) is 0 Å². The summed E-state index contributed by atoms with van der Waals surface area (Å²) < 4.78 is 0. The van der Waals surface area contributed by atoms with Crippen molar-refractivity contribution in [3.05, 3.63) is 0 Å². The summed E-state index contributed by atoms with van der Waals surface area (Å²) in [5.74, 6) is 0. The summed E-state index contributed by atoms with van der Waals surface area (Å²) in [5.41, 5.74) is 0. The third kappa shape index (κ3) is 3.65. The molecule has 0 N–H and O–H groups in total. The van der Waals surface area contributed by atoms with Crippen molar-refractivity contribution in [3.8, 4) is 0 Å². The summed E-state index contributed by atoms with van der Waals surface area (Å²) in [7, 11) is 0. The first-order valence-electron chi connectivity index (χ1n) is 5.09. The SMILES string of the molecule is CCCC[As+](CC)(CC)CC. The topological polar surface area (TPSA) is 0 Å². The molecule has 68 valence electrons. The van der Waals surface area contributed by atoms with Crippen molar-refractivity contribution in [1.29, 1.82) is 0 Å². The van der Waals surface area contributed by atoms with E-state index in [4.69, 9.17) is 0 Å². The maximum atomic E-state index is 2.41. The van der Waals surface area contributed by atoms with E-state index in [2.05, 4.69) is 27.7 Å². The summed E-state index contributed by atoms with van der Waals surface area (Å²) in [4.78, 5) is 0. The number of hydrogen-bond acceptors (Lipinski definition) is 0. The molecule has 0 aliphatic heterocycles. The van der Waals surface area contributed by atoms with Crippen LogP contribution in [-0.4, -0.2) is 13.6 Å². The molecule has 0 radical (unpaired) electrons. The molecule has 0 rings (SSSR count). The molecule has 0 unspecified atom stereocenters. The van der Waals surface area contributed by atoms with E-state index >= 15 is 0 Å². The molecule has 0 bridgehead atoms. The molecule has 0 aromatic heterocycles. The Balaban J connectivity index is 3.84. The molecule has 0 nitrogen and oxygen atoms in total. The fraction of sp³-hybridized carbons (Fsp3) is 1.00. The molecule has 0 saturated heterocycles. The molecule has 0 heterocycles. The molecular formula is C10H24As+. The molecule has 0 aromatic rings. The van der Waals surface area contributed by atoms with Crippen LogP contribution in [0.3, 0.4) is 0 Å². The van der Waals surface area contributed by atoms with Gasteiger partial charge in [-0.25, -0.2) is 0 Å². The second kappa shape index (κ2) is 6.12. The van der Waals surface area contributed by atoms with Gasteiger partial charge in [-0.15, -0.1) is 0 Å². The number of unbranched alkanes of at least 4 members (excludes halogenated alkanes) is 1. The summed E-state index contributed by atoms with van der Waals surface area (Å²) in [6, 6.07) is 0. The average molecular weight is 219 g/mol. The molecule has 1 heteroatoms. The zero-order chi connectivity index (χ0) is 8.74. The quantitative estimate of drug-likeness (QED) is 0.584. The molecule has 0 aromatic carbocycles. The van der Waals surface area contributed by atoms with Crippen LogP contribution >= 0.6 is 0 Å². The van der Waals surface area contributed by atoms with Crippen molar-refractivity contribution >= 4 is 13.6 Å². The predicted molar refractivity (Wildman–Crippen MR) is 56.9 cm³/mol. The van der Waals surface area contributed by atoms with Gasteiger partial charge in [0, 0.05) is 0 Å². The van der Waals surface area contributed by atoms with Crippen LogP contribution < -0.4 is 0 Å². The fourth-order valence-corrected chi connectivity index (χ4v) is 8.51. The van der Waals surface area contributed by atoms with Gasteiger partial charge in [0.05, 0.1) is 0 Å². The Morgan fingerprint density at radius 1 is 0.818 bits per heavy atom. The molecule has 0 amide bonds. The minimum absolute atomic E-state index is 1.07. The van der Waals surface area contributed by atoms with Crippen molar-refractivity contribution in [1.82, 2.24) is 0 Å². The van der Waals surface area contributed by atoms with Crippen LogP contribution in [0.1, 0.15) is 40.5 Å². The monoisotopic (exact) mass is 219 g/mol. The zero-order valence-electron chi connectivity index (χ0n) is 8.69. The van der Waals surface area contributed by atoms with E-state index in [-0.39, 0.29) is 0 Å². The maximum absolute atomic E-state index is 2.41. The summed E-state index contributed by atoms with van der Waals surface area (Å²) in [5, 5.41) is 6.21. The predicted octanol–water partition coefficient (Wildman–Crippen LogP) is 4.30.